The smallest absolute Gasteiger partial charge is 0.0512 e. The van der Waals surface area contributed by atoms with E-state index in [1.54, 1.807) is 0 Å². The van der Waals surface area contributed by atoms with E-state index in [1.807, 2.05) is 6.92 Å². The van der Waals surface area contributed by atoms with Crippen molar-refractivity contribution in [2.45, 2.75) is 51.4 Å². The summed E-state index contributed by atoms with van der Waals surface area (Å²) in [7, 11) is -0.0140. The number of hydrogen-bond donors (Lipinski definition) is 1. The summed E-state index contributed by atoms with van der Waals surface area (Å²) in [6, 6.07) is 1.40. The SMILES string of the molecule is CC(O)CCCC[Si](C)C. The van der Waals surface area contributed by atoms with Crippen LogP contribution in [0.15, 0.2) is 0 Å². The fourth-order valence-corrected chi connectivity index (χ4v) is 1.88. The van der Waals surface area contributed by atoms with Crippen molar-refractivity contribution in [1.82, 2.24) is 0 Å². The van der Waals surface area contributed by atoms with Gasteiger partial charge in [0.15, 0.2) is 0 Å². The summed E-state index contributed by atoms with van der Waals surface area (Å²) >= 11 is 0. The highest BCUT2D eigenvalue weighted by Gasteiger charge is 1.97. The van der Waals surface area contributed by atoms with E-state index in [-0.39, 0.29) is 14.9 Å². The zero-order valence-electron chi connectivity index (χ0n) is 7.35. The quantitative estimate of drug-likeness (QED) is 0.482. The highest BCUT2D eigenvalue weighted by atomic mass is 28.3. The third-order valence-electron chi connectivity index (χ3n) is 1.55. The molecule has 61 valence electrons. The van der Waals surface area contributed by atoms with Crippen LogP contribution in [-0.2, 0) is 0 Å². The lowest BCUT2D eigenvalue weighted by molar-refractivity contribution is 0.181. The molecule has 0 fully saturated rings. The number of unbranched alkanes of at least 4 members (excludes halogenated alkanes) is 1. The molecule has 0 spiro atoms. The Bertz CT molecular complexity index is 61.7. The van der Waals surface area contributed by atoms with E-state index in [9.17, 15) is 0 Å². The molecule has 0 rings (SSSR count). The summed E-state index contributed by atoms with van der Waals surface area (Å²) in [5, 5.41) is 8.93. The van der Waals surface area contributed by atoms with Crippen LogP contribution in [0.4, 0.5) is 0 Å². The summed E-state index contributed by atoms with van der Waals surface area (Å²) < 4.78 is 0. The molecular formula is C8H19OSi. The van der Waals surface area contributed by atoms with Crippen molar-refractivity contribution >= 4 is 8.80 Å². The second-order valence-electron chi connectivity index (χ2n) is 3.30. The van der Waals surface area contributed by atoms with Crippen molar-refractivity contribution in [1.29, 1.82) is 0 Å². The maximum Gasteiger partial charge on any atom is 0.0512 e. The van der Waals surface area contributed by atoms with E-state index in [4.69, 9.17) is 5.11 Å². The van der Waals surface area contributed by atoms with Gasteiger partial charge < -0.3 is 5.11 Å². The van der Waals surface area contributed by atoms with Gasteiger partial charge in [0, 0.05) is 8.80 Å². The first-order chi connectivity index (χ1) is 4.63. The Balaban J connectivity index is 2.91. The lowest BCUT2D eigenvalue weighted by Crippen LogP contribution is -2.01. The zero-order chi connectivity index (χ0) is 7.98. The van der Waals surface area contributed by atoms with Crippen molar-refractivity contribution in [3.63, 3.8) is 0 Å². The normalized spacial score (nSPS) is 14.1. The van der Waals surface area contributed by atoms with Gasteiger partial charge in [0.1, 0.15) is 0 Å². The number of aliphatic hydroxyl groups is 1. The van der Waals surface area contributed by atoms with Crippen LogP contribution in [0.25, 0.3) is 0 Å². The Morgan fingerprint density at radius 1 is 1.30 bits per heavy atom. The molecule has 2 heteroatoms. The van der Waals surface area contributed by atoms with Gasteiger partial charge in [-0.2, -0.15) is 0 Å². The molecular weight excluding hydrogens is 140 g/mol. The molecule has 0 aromatic heterocycles. The highest BCUT2D eigenvalue weighted by molar-refractivity contribution is 6.55. The Labute approximate surface area is 66.1 Å². The molecule has 1 nitrogen and oxygen atoms in total. The van der Waals surface area contributed by atoms with E-state index in [2.05, 4.69) is 13.1 Å². The second kappa shape index (κ2) is 5.92. The minimum atomic E-state index is -0.0932. The second-order valence-corrected chi connectivity index (χ2v) is 6.22. The van der Waals surface area contributed by atoms with Gasteiger partial charge in [-0.05, 0) is 13.3 Å². The summed E-state index contributed by atoms with van der Waals surface area (Å²) in [5.41, 5.74) is 0. The third kappa shape index (κ3) is 8.18. The van der Waals surface area contributed by atoms with Gasteiger partial charge in [-0.1, -0.05) is 32.0 Å². The molecule has 10 heavy (non-hydrogen) atoms. The maximum absolute atomic E-state index is 8.93. The van der Waals surface area contributed by atoms with Crippen molar-refractivity contribution in [2.75, 3.05) is 0 Å². The third-order valence-corrected chi connectivity index (χ3v) is 2.90. The van der Waals surface area contributed by atoms with Gasteiger partial charge in [0.05, 0.1) is 6.10 Å². The highest BCUT2D eigenvalue weighted by Crippen LogP contribution is 2.05. The van der Waals surface area contributed by atoms with Crippen LogP contribution in [0.1, 0.15) is 26.2 Å². The van der Waals surface area contributed by atoms with Gasteiger partial charge in [0.2, 0.25) is 0 Å². The summed E-state index contributed by atoms with van der Waals surface area (Å²) in [4.78, 5) is 0. The fraction of sp³-hybridized carbons (Fsp3) is 1.00. The number of aliphatic hydroxyl groups excluding tert-OH is 1. The number of rotatable bonds is 5. The fourth-order valence-electron chi connectivity index (χ4n) is 0.918. The lowest BCUT2D eigenvalue weighted by Gasteiger charge is -2.04. The molecule has 0 heterocycles. The van der Waals surface area contributed by atoms with Gasteiger partial charge in [-0.3, -0.25) is 0 Å². The summed E-state index contributed by atoms with van der Waals surface area (Å²) in [6.45, 7) is 6.55. The predicted octanol–water partition coefficient (Wildman–Crippen LogP) is 2.29. The van der Waals surface area contributed by atoms with E-state index < -0.39 is 0 Å². The van der Waals surface area contributed by atoms with Crippen molar-refractivity contribution in [3.05, 3.63) is 0 Å². The van der Waals surface area contributed by atoms with Crippen molar-refractivity contribution in [2.24, 2.45) is 0 Å². The minimum absolute atomic E-state index is 0.0140. The predicted molar refractivity (Wildman–Crippen MR) is 47.8 cm³/mol. The first-order valence-corrected chi connectivity index (χ1v) is 6.80. The summed E-state index contributed by atoms with van der Waals surface area (Å²) in [5.74, 6) is 0. The molecule has 0 saturated carbocycles. The van der Waals surface area contributed by atoms with Crippen LogP contribution in [0.5, 0.6) is 0 Å². The van der Waals surface area contributed by atoms with E-state index in [0.29, 0.717) is 0 Å². The Morgan fingerprint density at radius 3 is 2.30 bits per heavy atom. The first-order valence-electron chi connectivity index (χ1n) is 4.10. The standard InChI is InChI=1S/C8H19OSi/c1-8(9)6-4-5-7-10(2)3/h8-9H,4-7H2,1-3H3. The van der Waals surface area contributed by atoms with Crippen LogP contribution in [-0.4, -0.2) is 20.0 Å². The van der Waals surface area contributed by atoms with Crippen molar-refractivity contribution < 1.29 is 5.11 Å². The molecule has 1 N–H and O–H groups in total. The zero-order valence-corrected chi connectivity index (χ0v) is 8.35. The lowest BCUT2D eigenvalue weighted by atomic mass is 10.2. The Morgan fingerprint density at radius 2 is 1.90 bits per heavy atom. The first kappa shape index (κ1) is 10.2. The molecule has 0 aliphatic rings. The van der Waals surface area contributed by atoms with Crippen LogP contribution < -0.4 is 0 Å². The van der Waals surface area contributed by atoms with E-state index in [0.717, 1.165) is 6.42 Å². The van der Waals surface area contributed by atoms with Crippen LogP contribution in [0.3, 0.4) is 0 Å². The van der Waals surface area contributed by atoms with Gasteiger partial charge in [0.25, 0.3) is 0 Å². The topological polar surface area (TPSA) is 20.2 Å². The largest absolute Gasteiger partial charge is 0.393 e. The molecule has 0 bridgehead atoms. The average molecular weight is 159 g/mol. The van der Waals surface area contributed by atoms with Crippen LogP contribution >= 0.6 is 0 Å². The Hall–Kier alpha value is 0.177. The molecule has 1 atom stereocenters. The van der Waals surface area contributed by atoms with Crippen molar-refractivity contribution in [3.8, 4) is 0 Å². The molecule has 0 aromatic rings. The Kier molecular flexibility index (Phi) is 6.03. The average Bonchev–Trinajstić information content (AvgIpc) is 1.79. The molecule has 0 aliphatic heterocycles. The minimum Gasteiger partial charge on any atom is -0.393 e. The molecule has 0 amide bonds. The molecule has 0 aromatic carbocycles. The van der Waals surface area contributed by atoms with E-state index >= 15 is 0 Å². The number of hydrogen-bond acceptors (Lipinski definition) is 1. The van der Waals surface area contributed by atoms with Gasteiger partial charge in [-0.25, -0.2) is 0 Å². The molecule has 1 radical (unpaired) electrons. The monoisotopic (exact) mass is 159 g/mol. The maximum atomic E-state index is 8.93. The molecule has 0 aliphatic carbocycles. The van der Waals surface area contributed by atoms with Gasteiger partial charge >= 0.3 is 0 Å². The molecule has 0 saturated heterocycles. The van der Waals surface area contributed by atoms with Crippen LogP contribution in [0.2, 0.25) is 19.1 Å². The van der Waals surface area contributed by atoms with Crippen LogP contribution in [0, 0.1) is 0 Å². The summed E-state index contributed by atoms with van der Waals surface area (Å²) in [6.07, 6.45) is 3.40. The molecule has 1 unspecified atom stereocenters. The van der Waals surface area contributed by atoms with Gasteiger partial charge in [-0.15, -0.1) is 0 Å². The van der Waals surface area contributed by atoms with E-state index in [1.165, 1.54) is 18.9 Å².